The summed E-state index contributed by atoms with van der Waals surface area (Å²) in [4.78, 5) is 16.2. The highest BCUT2D eigenvalue weighted by Crippen LogP contribution is 2.19. The van der Waals surface area contributed by atoms with Crippen molar-refractivity contribution in [2.75, 3.05) is 5.73 Å². The van der Waals surface area contributed by atoms with Crippen LogP contribution in [-0.4, -0.2) is 20.7 Å². The number of pyridine rings is 1. The number of rotatable bonds is 5. The van der Waals surface area contributed by atoms with Crippen molar-refractivity contribution >= 4 is 34.9 Å². The average molecular weight is 393 g/mol. The lowest BCUT2D eigenvalue weighted by Crippen LogP contribution is -2.38. The van der Waals surface area contributed by atoms with E-state index in [0.29, 0.717) is 9.75 Å². The Kier molecular flexibility index (Phi) is 5.24. The third-order valence-electron chi connectivity index (χ3n) is 3.67. The van der Waals surface area contributed by atoms with E-state index in [2.05, 4.69) is 15.4 Å². The van der Waals surface area contributed by atoms with Gasteiger partial charge in [0.15, 0.2) is 0 Å². The number of nitrogens with one attached hydrogen (secondary N) is 1. The highest BCUT2D eigenvalue weighted by molar-refractivity contribution is 6.31. The van der Waals surface area contributed by atoms with Crippen LogP contribution in [0, 0.1) is 5.21 Å². The van der Waals surface area contributed by atoms with E-state index in [1.54, 1.807) is 29.2 Å². The number of aromatic nitrogens is 4. The third kappa shape index (κ3) is 3.87. The van der Waals surface area contributed by atoms with E-state index >= 15 is 0 Å². The molecule has 8 nitrogen and oxygen atoms in total. The summed E-state index contributed by atoms with van der Waals surface area (Å²) < 4.78 is 2.01. The molecule has 134 valence electrons. The van der Waals surface area contributed by atoms with E-state index in [1.807, 2.05) is 0 Å². The molecule has 0 unspecified atom stereocenters. The van der Waals surface area contributed by atoms with Gasteiger partial charge in [-0.15, -0.1) is 0 Å². The molecule has 0 atom stereocenters. The van der Waals surface area contributed by atoms with Gasteiger partial charge in [-0.05, 0) is 29.8 Å². The van der Waals surface area contributed by atoms with Gasteiger partial charge in [0.05, 0.1) is 17.1 Å². The molecule has 10 heteroatoms. The molecule has 0 aliphatic rings. The smallest absolute Gasteiger partial charge is 0.275 e. The van der Waals surface area contributed by atoms with Crippen molar-refractivity contribution in [3.63, 3.8) is 0 Å². The van der Waals surface area contributed by atoms with Crippen molar-refractivity contribution in [1.29, 1.82) is 0 Å². The van der Waals surface area contributed by atoms with Crippen molar-refractivity contribution in [3.8, 4) is 5.69 Å². The van der Waals surface area contributed by atoms with Gasteiger partial charge in [-0.25, -0.2) is 14.4 Å². The number of nitrogens with two attached hydrogens (primary N) is 1. The summed E-state index contributed by atoms with van der Waals surface area (Å²) in [6, 6.07) is 8.08. The van der Waals surface area contributed by atoms with Crippen LogP contribution in [0.5, 0.6) is 0 Å². The van der Waals surface area contributed by atoms with Gasteiger partial charge >= 0.3 is 0 Å². The van der Waals surface area contributed by atoms with Gasteiger partial charge in [-0.3, -0.25) is 10.5 Å². The Morgan fingerprint density at radius 1 is 1.31 bits per heavy atom. The molecule has 2 heterocycles. The largest absolute Gasteiger partial charge is 0.710 e. The summed E-state index contributed by atoms with van der Waals surface area (Å²) in [5, 5.41) is 19.5. The van der Waals surface area contributed by atoms with E-state index < -0.39 is 0 Å². The second kappa shape index (κ2) is 7.59. The lowest BCUT2D eigenvalue weighted by atomic mass is 10.1. The minimum absolute atomic E-state index is 0.0273. The van der Waals surface area contributed by atoms with Crippen molar-refractivity contribution in [2.45, 2.75) is 13.0 Å². The number of hydrogen-bond donors (Lipinski definition) is 2. The monoisotopic (exact) mass is 392 g/mol. The van der Waals surface area contributed by atoms with Crippen LogP contribution in [0.4, 0.5) is 5.82 Å². The van der Waals surface area contributed by atoms with Crippen LogP contribution in [0.3, 0.4) is 0 Å². The summed E-state index contributed by atoms with van der Waals surface area (Å²) in [7, 11) is 0. The van der Waals surface area contributed by atoms with Crippen LogP contribution in [0.15, 0.2) is 43.0 Å². The van der Waals surface area contributed by atoms with Gasteiger partial charge in [0, 0.05) is 17.6 Å². The standard InChI is InChI=1S/C16H14Cl2N6O2/c17-11-1-3-13(23-9-20-8-22-23)10(5-11)7-21-16(25)6-14-12(18)2-4-15(19)24(14)26/h1-5,8-9H,6-7,19H2,(H,21,25). The molecule has 3 N–H and O–H groups in total. The van der Waals surface area contributed by atoms with Crippen LogP contribution in [0.2, 0.25) is 10.0 Å². The number of anilines is 1. The lowest BCUT2D eigenvalue weighted by Gasteiger charge is -2.14. The van der Waals surface area contributed by atoms with Crippen LogP contribution >= 0.6 is 23.2 Å². The molecule has 0 saturated heterocycles. The quantitative estimate of drug-likeness (QED) is 0.506. The first-order valence-electron chi connectivity index (χ1n) is 7.52. The summed E-state index contributed by atoms with van der Waals surface area (Å²) in [5.41, 5.74) is 7.11. The molecule has 0 aliphatic carbocycles. The molecule has 26 heavy (non-hydrogen) atoms. The number of amides is 1. The molecule has 1 amide bonds. The van der Waals surface area contributed by atoms with Crippen molar-refractivity contribution in [1.82, 2.24) is 20.1 Å². The first kappa shape index (κ1) is 18.0. The molecule has 0 spiro atoms. The molecular weight excluding hydrogens is 379 g/mol. The van der Waals surface area contributed by atoms with E-state index in [9.17, 15) is 10.0 Å². The van der Waals surface area contributed by atoms with Crippen LogP contribution in [0.1, 0.15) is 11.3 Å². The van der Waals surface area contributed by atoms with E-state index in [4.69, 9.17) is 28.9 Å². The zero-order valence-corrected chi connectivity index (χ0v) is 14.9. The topological polar surface area (TPSA) is 113 Å². The fourth-order valence-corrected chi connectivity index (χ4v) is 2.79. The molecule has 1 aromatic carbocycles. The molecule has 3 aromatic rings. The van der Waals surface area contributed by atoms with E-state index in [-0.39, 0.29) is 35.4 Å². The zero-order valence-electron chi connectivity index (χ0n) is 13.4. The Morgan fingerprint density at radius 2 is 2.12 bits per heavy atom. The summed E-state index contributed by atoms with van der Waals surface area (Å²) >= 11 is 12.0. The molecule has 3 rings (SSSR count). The number of halogens is 2. The Balaban J connectivity index is 1.75. The second-order valence-corrected chi connectivity index (χ2v) is 6.26. The molecule has 0 bridgehead atoms. The minimum atomic E-state index is -0.383. The molecule has 0 fully saturated rings. The van der Waals surface area contributed by atoms with Crippen LogP contribution in [-0.2, 0) is 17.8 Å². The number of hydrogen-bond acceptors (Lipinski definition) is 5. The maximum absolute atomic E-state index is 12.3. The molecule has 0 saturated carbocycles. The highest BCUT2D eigenvalue weighted by Gasteiger charge is 2.15. The van der Waals surface area contributed by atoms with Crippen molar-refractivity contribution in [2.24, 2.45) is 0 Å². The number of benzene rings is 1. The Bertz CT molecular complexity index is 946. The molecule has 2 aromatic heterocycles. The maximum atomic E-state index is 12.3. The van der Waals surface area contributed by atoms with Crippen molar-refractivity contribution in [3.05, 3.63) is 69.5 Å². The number of carbonyl (C=O) groups is 1. The highest BCUT2D eigenvalue weighted by atomic mass is 35.5. The Hall–Kier alpha value is -2.84. The second-order valence-electron chi connectivity index (χ2n) is 5.41. The van der Waals surface area contributed by atoms with Gasteiger partial charge in [-0.1, -0.05) is 23.2 Å². The molecular formula is C16H14Cl2N6O2. The minimum Gasteiger partial charge on any atom is -0.710 e. The number of carbonyl (C=O) groups excluding carboxylic acids is 1. The first-order chi connectivity index (χ1) is 12.5. The maximum Gasteiger partial charge on any atom is 0.275 e. The summed E-state index contributed by atoms with van der Waals surface area (Å²) in [5.74, 6) is -0.410. The van der Waals surface area contributed by atoms with Gasteiger partial charge in [0.2, 0.25) is 5.91 Å². The fraction of sp³-hybridized carbons (Fsp3) is 0.125. The fourth-order valence-electron chi connectivity index (χ4n) is 2.39. The van der Waals surface area contributed by atoms with Crippen molar-refractivity contribution < 1.29 is 9.52 Å². The zero-order chi connectivity index (χ0) is 18.7. The predicted octanol–water partition coefficient (Wildman–Crippen LogP) is 1.65. The number of nitrogens with zero attached hydrogens (tertiary/aromatic N) is 4. The van der Waals surface area contributed by atoms with Gasteiger partial charge < -0.3 is 10.5 Å². The average Bonchev–Trinajstić information content (AvgIpc) is 3.15. The third-order valence-corrected chi connectivity index (χ3v) is 4.25. The van der Waals surface area contributed by atoms with Gasteiger partial charge in [-0.2, -0.15) is 5.10 Å². The van der Waals surface area contributed by atoms with Crippen LogP contribution in [0.25, 0.3) is 5.69 Å². The SMILES string of the molecule is Nc1ccc(Cl)c(CC(=O)NCc2cc(Cl)ccc2-n2cncn2)[n+]1[O-]. The first-order valence-corrected chi connectivity index (χ1v) is 8.28. The Morgan fingerprint density at radius 3 is 2.85 bits per heavy atom. The number of nitrogen functional groups attached to an aromatic ring is 1. The summed E-state index contributed by atoms with van der Waals surface area (Å²) in [6.45, 7) is 0.188. The van der Waals surface area contributed by atoms with Gasteiger partial charge in [0.1, 0.15) is 18.3 Å². The normalized spacial score (nSPS) is 10.7. The van der Waals surface area contributed by atoms with Crippen LogP contribution < -0.4 is 15.8 Å². The molecule has 0 aliphatic heterocycles. The van der Waals surface area contributed by atoms with Gasteiger partial charge in [0.25, 0.3) is 5.82 Å². The summed E-state index contributed by atoms with van der Waals surface area (Å²) in [6.07, 6.45) is 2.75. The Labute approximate surface area is 158 Å². The molecule has 0 radical (unpaired) electrons. The van der Waals surface area contributed by atoms with E-state index in [0.717, 1.165) is 11.3 Å². The lowest BCUT2D eigenvalue weighted by molar-refractivity contribution is -0.597. The van der Waals surface area contributed by atoms with E-state index in [1.165, 1.54) is 18.5 Å². The predicted molar refractivity (Wildman–Crippen MR) is 96.7 cm³/mol.